The largest absolute Gasteiger partial charge is 0.496 e. The van der Waals surface area contributed by atoms with Crippen molar-refractivity contribution in [2.45, 2.75) is 42.1 Å². The number of nitrogens with one attached hydrogen (secondary N) is 1. The Kier molecular flexibility index (Phi) is 10.0. The van der Waals surface area contributed by atoms with E-state index in [-0.39, 0.29) is 11.2 Å². The van der Waals surface area contributed by atoms with Crippen LogP contribution in [0.4, 0.5) is 5.69 Å². The monoisotopic (exact) mass is 469 g/mol. The van der Waals surface area contributed by atoms with Gasteiger partial charge < -0.3 is 19.5 Å². The van der Waals surface area contributed by atoms with Gasteiger partial charge in [0.2, 0.25) is 5.91 Å². The van der Waals surface area contributed by atoms with Crippen molar-refractivity contribution < 1.29 is 19.0 Å². The molecule has 0 radical (unpaired) electrons. The lowest BCUT2D eigenvalue weighted by molar-refractivity contribution is -0.115. The molecule has 30 heavy (non-hydrogen) atoms. The van der Waals surface area contributed by atoms with Gasteiger partial charge >= 0.3 is 0 Å². The highest BCUT2D eigenvalue weighted by molar-refractivity contribution is 8.00. The second-order valence-corrected chi connectivity index (χ2v) is 8.55. The van der Waals surface area contributed by atoms with Gasteiger partial charge in [-0.2, -0.15) is 12.6 Å². The first-order valence-electron chi connectivity index (χ1n) is 9.64. The molecule has 0 bridgehead atoms. The van der Waals surface area contributed by atoms with Crippen molar-refractivity contribution in [1.29, 1.82) is 0 Å². The summed E-state index contributed by atoms with van der Waals surface area (Å²) in [6.45, 7) is 2.11. The van der Waals surface area contributed by atoms with Crippen LogP contribution in [0.3, 0.4) is 0 Å². The highest BCUT2D eigenvalue weighted by Crippen LogP contribution is 2.40. The number of anilines is 1. The summed E-state index contributed by atoms with van der Waals surface area (Å²) in [5.41, 5.74) is 1.49. The zero-order chi connectivity index (χ0) is 22.1. The van der Waals surface area contributed by atoms with Crippen molar-refractivity contribution in [3.63, 3.8) is 0 Å². The Bertz CT molecular complexity index is 838. The number of carbonyl (C=O) groups excluding carboxylic acids is 1. The quantitative estimate of drug-likeness (QED) is 0.308. The number of methoxy groups -OCH3 is 3. The molecule has 1 N–H and O–H groups in total. The fourth-order valence-electron chi connectivity index (χ4n) is 2.91. The predicted octanol–water partition coefficient (Wildman–Crippen LogP) is 6.09. The highest BCUT2D eigenvalue weighted by atomic mass is 35.5. The average molecular weight is 470 g/mol. The Balaban J connectivity index is 2.32. The number of ether oxygens (including phenoxy) is 3. The van der Waals surface area contributed by atoms with Gasteiger partial charge in [-0.3, -0.25) is 4.79 Å². The molecule has 0 aliphatic heterocycles. The minimum absolute atomic E-state index is 0.115. The minimum atomic E-state index is -0.290. The molecule has 0 aliphatic carbocycles. The second kappa shape index (κ2) is 12.2. The zero-order valence-electron chi connectivity index (χ0n) is 17.7. The first kappa shape index (κ1) is 24.6. The third kappa shape index (κ3) is 6.40. The molecule has 1 amide bonds. The molecule has 0 fully saturated rings. The average Bonchev–Trinajstić information content (AvgIpc) is 2.77. The molecule has 0 aliphatic rings. The molecule has 0 saturated heterocycles. The molecular weight excluding hydrogens is 442 g/mol. The second-order valence-electron chi connectivity index (χ2n) is 6.56. The first-order chi connectivity index (χ1) is 14.5. The van der Waals surface area contributed by atoms with Gasteiger partial charge in [-0.05, 0) is 30.2 Å². The van der Waals surface area contributed by atoms with Gasteiger partial charge in [0.15, 0.2) is 0 Å². The van der Waals surface area contributed by atoms with E-state index in [1.54, 1.807) is 33.5 Å². The number of amides is 1. The van der Waals surface area contributed by atoms with Gasteiger partial charge in [0, 0.05) is 27.8 Å². The van der Waals surface area contributed by atoms with Crippen LogP contribution in [0, 0.1) is 0 Å². The van der Waals surface area contributed by atoms with E-state index in [0.717, 1.165) is 29.7 Å². The summed E-state index contributed by atoms with van der Waals surface area (Å²) in [5, 5.41) is 3.37. The molecule has 1 unspecified atom stereocenters. The molecule has 0 saturated carbocycles. The molecule has 164 valence electrons. The number of hydrogen-bond acceptors (Lipinski definition) is 6. The van der Waals surface area contributed by atoms with Gasteiger partial charge in [0.05, 0.1) is 26.6 Å². The fourth-order valence-corrected chi connectivity index (χ4v) is 4.65. The topological polar surface area (TPSA) is 56.8 Å². The molecule has 2 rings (SSSR count). The van der Waals surface area contributed by atoms with Crippen LogP contribution in [0.25, 0.3) is 0 Å². The Morgan fingerprint density at radius 3 is 2.33 bits per heavy atom. The Morgan fingerprint density at radius 2 is 1.80 bits per heavy atom. The SMILES string of the molecule is CCCCC(Sc1ccc(Cl)cc1CS)C(=O)Nc1c(OC)cc(OC)cc1OC. The van der Waals surface area contributed by atoms with Crippen LogP contribution >= 0.6 is 36.0 Å². The van der Waals surface area contributed by atoms with E-state index in [0.29, 0.717) is 33.7 Å². The van der Waals surface area contributed by atoms with E-state index in [1.807, 2.05) is 18.2 Å². The van der Waals surface area contributed by atoms with Crippen LogP contribution in [0.1, 0.15) is 31.7 Å². The highest BCUT2D eigenvalue weighted by Gasteiger charge is 2.24. The summed E-state index contributed by atoms with van der Waals surface area (Å²) in [6, 6.07) is 9.09. The summed E-state index contributed by atoms with van der Waals surface area (Å²) < 4.78 is 16.2. The lowest BCUT2D eigenvalue weighted by Gasteiger charge is -2.20. The first-order valence-corrected chi connectivity index (χ1v) is 11.5. The van der Waals surface area contributed by atoms with Gasteiger partial charge in [-0.15, -0.1) is 11.8 Å². The molecular formula is C22H28ClNO4S2. The number of rotatable bonds is 11. The van der Waals surface area contributed by atoms with E-state index in [1.165, 1.54) is 11.8 Å². The van der Waals surface area contributed by atoms with E-state index in [4.69, 9.17) is 25.8 Å². The van der Waals surface area contributed by atoms with Crippen molar-refractivity contribution in [2.24, 2.45) is 0 Å². The summed E-state index contributed by atoms with van der Waals surface area (Å²) in [6.07, 6.45) is 2.67. The lowest BCUT2D eigenvalue weighted by Crippen LogP contribution is -2.26. The van der Waals surface area contributed by atoms with E-state index in [9.17, 15) is 4.79 Å². The van der Waals surface area contributed by atoms with Crippen molar-refractivity contribution in [2.75, 3.05) is 26.6 Å². The normalized spacial score (nSPS) is 11.7. The molecule has 2 aromatic rings. The molecule has 0 heterocycles. The summed E-state index contributed by atoms with van der Waals surface area (Å²) in [7, 11) is 4.65. The third-order valence-electron chi connectivity index (χ3n) is 4.54. The molecule has 5 nitrogen and oxygen atoms in total. The maximum Gasteiger partial charge on any atom is 0.238 e. The molecule has 0 aromatic heterocycles. The number of carbonyl (C=O) groups is 1. The van der Waals surface area contributed by atoms with Crippen molar-refractivity contribution in [3.05, 3.63) is 40.9 Å². The van der Waals surface area contributed by atoms with E-state index >= 15 is 0 Å². The number of halogens is 1. The third-order valence-corrected chi connectivity index (χ3v) is 6.50. The predicted molar refractivity (Wildman–Crippen MR) is 128 cm³/mol. The van der Waals surface area contributed by atoms with Crippen LogP contribution in [0.15, 0.2) is 35.2 Å². The van der Waals surface area contributed by atoms with Crippen LogP contribution in [0.5, 0.6) is 17.2 Å². The Morgan fingerprint density at radius 1 is 1.13 bits per heavy atom. The van der Waals surface area contributed by atoms with Gasteiger partial charge in [0.1, 0.15) is 22.9 Å². The van der Waals surface area contributed by atoms with Gasteiger partial charge in [0.25, 0.3) is 0 Å². The number of hydrogen-bond donors (Lipinski definition) is 2. The van der Waals surface area contributed by atoms with E-state index < -0.39 is 0 Å². The van der Waals surface area contributed by atoms with Crippen molar-refractivity contribution >= 4 is 47.6 Å². The lowest BCUT2D eigenvalue weighted by atomic mass is 10.2. The molecule has 2 aromatic carbocycles. The van der Waals surface area contributed by atoms with Crippen LogP contribution in [-0.4, -0.2) is 32.5 Å². The maximum atomic E-state index is 13.3. The van der Waals surface area contributed by atoms with Crippen LogP contribution in [-0.2, 0) is 10.5 Å². The standard InChI is InChI=1S/C22H28ClNO4S2/c1-5-6-7-20(30-19-9-8-15(23)10-14(19)13-29)22(25)24-21-17(27-3)11-16(26-2)12-18(21)28-4/h8-12,20,29H,5-7,13H2,1-4H3,(H,24,25). The van der Waals surface area contributed by atoms with Gasteiger partial charge in [-0.1, -0.05) is 31.4 Å². The number of unbranched alkanes of at least 4 members (excludes halogenated alkanes) is 1. The Labute approximate surface area is 193 Å². The van der Waals surface area contributed by atoms with Crippen molar-refractivity contribution in [1.82, 2.24) is 0 Å². The summed E-state index contributed by atoms with van der Waals surface area (Å²) in [4.78, 5) is 14.3. The zero-order valence-corrected chi connectivity index (χ0v) is 20.1. The fraction of sp³-hybridized carbons (Fsp3) is 0.409. The number of thiol groups is 1. The summed E-state index contributed by atoms with van der Waals surface area (Å²) >= 11 is 12.0. The van der Waals surface area contributed by atoms with Crippen molar-refractivity contribution in [3.8, 4) is 17.2 Å². The maximum absolute atomic E-state index is 13.3. The molecule has 8 heteroatoms. The number of thioether (sulfide) groups is 1. The number of benzene rings is 2. The summed E-state index contributed by atoms with van der Waals surface area (Å²) in [5.74, 6) is 1.96. The van der Waals surface area contributed by atoms with E-state index in [2.05, 4.69) is 24.9 Å². The van der Waals surface area contributed by atoms with Crippen LogP contribution < -0.4 is 19.5 Å². The molecule has 0 spiro atoms. The van der Waals surface area contributed by atoms with Gasteiger partial charge in [-0.25, -0.2) is 0 Å². The smallest absolute Gasteiger partial charge is 0.238 e. The van der Waals surface area contributed by atoms with Crippen LogP contribution in [0.2, 0.25) is 5.02 Å². The minimum Gasteiger partial charge on any atom is -0.496 e. The Hall–Kier alpha value is -1.70. The molecule has 1 atom stereocenters.